The molecule has 26 heteroatoms. The highest BCUT2D eigenvalue weighted by Gasteiger charge is 2.95. The van der Waals surface area contributed by atoms with E-state index in [0.717, 1.165) is 6.08 Å². The number of allylic oxidation sites excluding steroid dienone is 1. The van der Waals surface area contributed by atoms with Gasteiger partial charge in [0, 0.05) is 18.2 Å². The molecule has 0 spiro atoms. The summed E-state index contributed by atoms with van der Waals surface area (Å²) in [5.74, 6) is -56.9. The minimum absolute atomic E-state index is 0.0305. The molecule has 2 aromatic carbocycles. The lowest BCUT2D eigenvalue weighted by atomic mass is 9.88. The van der Waals surface area contributed by atoms with Crippen molar-refractivity contribution in [2.75, 3.05) is 32.2 Å². The fourth-order valence-electron chi connectivity index (χ4n) is 6.39. The average molecular weight is 1020 g/mol. The molecule has 1 N–H and O–H groups in total. The highest BCUT2D eigenvalue weighted by Crippen LogP contribution is 2.64. The van der Waals surface area contributed by atoms with Crippen LogP contribution in [0.1, 0.15) is 58.6 Å². The van der Waals surface area contributed by atoms with Gasteiger partial charge in [-0.15, -0.1) is 0 Å². The molecule has 0 bridgehead atoms. The predicted molar refractivity (Wildman–Crippen MR) is 209 cm³/mol. The second kappa shape index (κ2) is 22.1. The average Bonchev–Trinajstić information content (AvgIpc) is 3.23. The van der Waals surface area contributed by atoms with Gasteiger partial charge in [0.2, 0.25) is 0 Å². The van der Waals surface area contributed by atoms with E-state index >= 15 is 8.78 Å². The van der Waals surface area contributed by atoms with E-state index in [-0.39, 0.29) is 25.2 Å². The second-order valence-electron chi connectivity index (χ2n) is 15.3. The molecule has 0 aliphatic heterocycles. The van der Waals surface area contributed by atoms with E-state index in [4.69, 9.17) is 23.4 Å². The Balaban J connectivity index is 2.26. The monoisotopic (exact) mass is 1020 g/mol. The molecule has 0 aliphatic rings. The minimum atomic E-state index is -8.70. The van der Waals surface area contributed by atoms with E-state index in [0.29, 0.717) is 17.0 Å². The summed E-state index contributed by atoms with van der Waals surface area (Å²) in [6.07, 6.45) is -7.86. The van der Waals surface area contributed by atoms with Crippen LogP contribution in [0.4, 0.5) is 85.1 Å². The number of carbonyl (C=O) groups excluding carboxylic acids is 2. The molecule has 1 atom stereocenters. The van der Waals surface area contributed by atoms with Gasteiger partial charge >= 0.3 is 59.7 Å². The number of halogens is 17. The molecule has 8 nitrogen and oxygen atoms in total. The maximum atomic E-state index is 15.0. The van der Waals surface area contributed by atoms with Gasteiger partial charge in [-0.3, -0.25) is 5.32 Å². The summed E-state index contributed by atoms with van der Waals surface area (Å²) >= 11 is 0. The molecule has 0 heterocycles. The van der Waals surface area contributed by atoms with Crippen LogP contribution in [-0.4, -0.2) is 94.9 Å². The molecule has 2 aromatic rings. The number of ether oxygens (including phenoxy) is 4. The zero-order valence-electron chi connectivity index (χ0n) is 36.0. The summed E-state index contributed by atoms with van der Waals surface area (Å²) < 4.78 is 263. The van der Waals surface area contributed by atoms with Crippen molar-refractivity contribution in [3.63, 3.8) is 0 Å². The first-order chi connectivity index (χ1) is 30.5. The zero-order valence-corrected chi connectivity index (χ0v) is 37.0. The van der Waals surface area contributed by atoms with E-state index < -0.39 is 111 Å². The molecule has 380 valence electrons. The maximum absolute atomic E-state index is 15.0. The van der Waals surface area contributed by atoms with E-state index in [1.165, 1.54) is 71.2 Å². The first-order valence-electron chi connectivity index (χ1n) is 19.7. The Bertz CT molecular complexity index is 1950. The third-order valence-corrected chi connectivity index (χ3v) is 16.0. The topological polar surface area (TPSA) is 92.3 Å². The standard InChI is InChI=1S/C41H46F17NO7Si/c1-7-21-64-32(60)11-9-8-10-31(66-33(61)59-28-14-18-29(62-6)19-15-28)27-12-16-30(17-13-27)63-22-23-65-67(25(2)3,26(4)5)24-20-34(42,43)35(44,45)36(46,47)37(48,49)38(50,51)39(52,53)40(54,55)41(56,57)58/h7,9,11-19,25-26,31H,1,8,10,20-24H2,2-6H3,(H,59,61)/b11-9+/t31-/m0/s1. The summed E-state index contributed by atoms with van der Waals surface area (Å²) in [6.45, 7) is 7.70. The van der Waals surface area contributed by atoms with Crippen LogP contribution in [0.3, 0.4) is 0 Å². The third-order valence-electron chi connectivity index (χ3n) is 10.3. The van der Waals surface area contributed by atoms with Crippen LogP contribution < -0.4 is 14.8 Å². The number of carbonyl (C=O) groups is 2. The fraction of sp³-hybridized carbons (Fsp3) is 0.561. The Labute approximate surface area is 373 Å². The number of anilines is 1. The number of alkyl halides is 17. The number of hydrogen-bond acceptors (Lipinski definition) is 7. The van der Waals surface area contributed by atoms with Gasteiger partial charge in [-0.05, 0) is 71.9 Å². The molecule has 67 heavy (non-hydrogen) atoms. The fourth-order valence-corrected chi connectivity index (χ4v) is 10.9. The summed E-state index contributed by atoms with van der Waals surface area (Å²) in [7, 11) is -2.57. The second-order valence-corrected chi connectivity index (χ2v) is 20.3. The van der Waals surface area contributed by atoms with E-state index in [1.54, 1.807) is 24.3 Å². The van der Waals surface area contributed by atoms with E-state index in [9.17, 15) is 75.4 Å². The first kappa shape index (κ1) is 58.4. The molecular formula is C41H46F17NO7Si. The first-order valence-corrected chi connectivity index (χ1v) is 22.0. The van der Waals surface area contributed by atoms with Gasteiger partial charge in [0.05, 0.1) is 13.7 Å². The van der Waals surface area contributed by atoms with Crippen molar-refractivity contribution in [2.45, 2.75) is 118 Å². The highest BCUT2D eigenvalue weighted by molar-refractivity contribution is 6.76. The number of esters is 1. The van der Waals surface area contributed by atoms with Crippen molar-refractivity contribution in [2.24, 2.45) is 0 Å². The summed E-state index contributed by atoms with van der Waals surface area (Å²) in [5, 5.41) is 2.55. The van der Waals surface area contributed by atoms with Gasteiger partial charge in [0.15, 0.2) is 8.32 Å². The lowest BCUT2D eigenvalue weighted by Gasteiger charge is -2.44. The van der Waals surface area contributed by atoms with Crippen LogP contribution in [0.25, 0.3) is 0 Å². The molecule has 0 saturated carbocycles. The molecule has 0 saturated heterocycles. The van der Waals surface area contributed by atoms with Gasteiger partial charge < -0.3 is 23.4 Å². The molecule has 2 rings (SSSR count). The Morgan fingerprint density at radius 3 is 1.66 bits per heavy atom. The lowest BCUT2D eigenvalue weighted by Crippen LogP contribution is -2.74. The molecule has 1 amide bonds. The number of methoxy groups -OCH3 is 1. The summed E-state index contributed by atoms with van der Waals surface area (Å²) in [4.78, 5) is 24.6. The van der Waals surface area contributed by atoms with E-state index in [2.05, 4.69) is 11.9 Å². The largest absolute Gasteiger partial charge is 0.497 e. The van der Waals surface area contributed by atoms with Crippen LogP contribution in [0.2, 0.25) is 17.1 Å². The van der Waals surface area contributed by atoms with Crippen molar-refractivity contribution in [3.05, 3.63) is 78.9 Å². The van der Waals surface area contributed by atoms with Crippen molar-refractivity contribution >= 4 is 26.1 Å². The maximum Gasteiger partial charge on any atom is 0.460 e. The zero-order chi connectivity index (χ0) is 51.7. The number of benzene rings is 2. The molecule has 0 radical (unpaired) electrons. The third kappa shape index (κ3) is 12.7. The van der Waals surface area contributed by atoms with Crippen LogP contribution in [-0.2, 0) is 18.7 Å². The Kier molecular flexibility index (Phi) is 19.3. The van der Waals surface area contributed by atoms with Crippen LogP contribution in [0.5, 0.6) is 11.5 Å². The smallest absolute Gasteiger partial charge is 0.460 e. The van der Waals surface area contributed by atoms with Crippen molar-refractivity contribution in [1.29, 1.82) is 0 Å². The lowest BCUT2D eigenvalue weighted by molar-refractivity contribution is -0.461. The molecule has 0 aliphatic carbocycles. The van der Waals surface area contributed by atoms with Gasteiger partial charge in [0.1, 0.15) is 30.8 Å². The molecule has 0 aromatic heterocycles. The number of nitrogens with one attached hydrogen (secondary N) is 1. The van der Waals surface area contributed by atoms with Crippen LogP contribution in [0, 0.1) is 0 Å². The highest BCUT2D eigenvalue weighted by atomic mass is 28.4. The van der Waals surface area contributed by atoms with Crippen molar-refractivity contribution in [1.82, 2.24) is 0 Å². The molecule has 0 unspecified atom stereocenters. The Morgan fingerprint density at radius 1 is 0.687 bits per heavy atom. The SMILES string of the molecule is C=CCOC(=O)/C=C/CC[C@H](OC(=O)Nc1ccc(OC)cc1)c1ccc(OCCO[Si](CCC(F)(F)C(F)(F)C(F)(F)C(F)(F)C(F)(F)C(F)(F)C(F)(F)C(F)(F)F)(C(C)C)C(C)C)cc1. The Morgan fingerprint density at radius 2 is 1.18 bits per heavy atom. The number of rotatable bonds is 26. The van der Waals surface area contributed by atoms with Crippen molar-refractivity contribution in [3.8, 4) is 11.5 Å². The normalized spacial score (nSPS) is 14.3. The molecule has 0 fully saturated rings. The predicted octanol–water partition coefficient (Wildman–Crippen LogP) is 13.6. The minimum Gasteiger partial charge on any atom is -0.497 e. The van der Waals surface area contributed by atoms with Crippen LogP contribution >= 0.6 is 0 Å². The quantitative estimate of drug-likeness (QED) is 0.0251. The van der Waals surface area contributed by atoms with Gasteiger partial charge in [-0.25, -0.2) is 9.59 Å². The van der Waals surface area contributed by atoms with Gasteiger partial charge in [-0.2, -0.15) is 74.6 Å². The van der Waals surface area contributed by atoms with Gasteiger partial charge in [-0.1, -0.05) is 58.6 Å². The summed E-state index contributed by atoms with van der Waals surface area (Å²) in [6, 6.07) is 10.7. The van der Waals surface area contributed by atoms with E-state index in [1.807, 2.05) is 0 Å². The Hall–Kier alpha value is -4.75. The van der Waals surface area contributed by atoms with Crippen LogP contribution in [0.15, 0.2) is 73.3 Å². The molecular weight excluding hydrogens is 970 g/mol. The van der Waals surface area contributed by atoms with Gasteiger partial charge in [0.25, 0.3) is 0 Å². The number of hydrogen-bond donors (Lipinski definition) is 1. The number of amides is 1. The summed E-state index contributed by atoms with van der Waals surface area (Å²) in [5.41, 5.74) is -1.01. The van der Waals surface area contributed by atoms with Crippen molar-refractivity contribution < 1.29 is 108 Å².